The number of aliphatic carboxylic acids is 1. The highest BCUT2D eigenvalue weighted by atomic mass is 35.5. The molecule has 0 atom stereocenters. The lowest BCUT2D eigenvalue weighted by Gasteiger charge is -2.26. The molecule has 12 heteroatoms. The van der Waals surface area contributed by atoms with Gasteiger partial charge in [-0.05, 0) is 51.1 Å². The van der Waals surface area contributed by atoms with E-state index in [9.17, 15) is 18.0 Å². The Bertz CT molecular complexity index is 963. The number of piperidine rings is 1. The standard InChI is InChI=1S/C19H24ClN3O2S.C2HF3O2/c1-13-17(18(24)21-8-11-23-9-4-3-5-10-23)22-19(26-13)15-12-14(20)6-7-16(15)25-2;3-2(4,5)1(6)7/h6-7,12H,3-5,8-11H2,1-2H3,(H,21,24);(H,6,7). The van der Waals surface area contributed by atoms with Gasteiger partial charge in [-0.25, -0.2) is 9.78 Å². The number of rotatable bonds is 6. The number of likely N-dealkylation sites (tertiary alicyclic amines) is 1. The Kier molecular flexibility index (Phi) is 9.93. The van der Waals surface area contributed by atoms with Crippen LogP contribution in [0.3, 0.4) is 0 Å². The highest BCUT2D eigenvalue weighted by molar-refractivity contribution is 7.15. The van der Waals surface area contributed by atoms with Crippen molar-refractivity contribution in [3.8, 4) is 16.3 Å². The summed E-state index contributed by atoms with van der Waals surface area (Å²) < 4.78 is 37.1. The lowest BCUT2D eigenvalue weighted by molar-refractivity contribution is -0.192. The van der Waals surface area contributed by atoms with Crippen LogP contribution in [0.25, 0.3) is 10.6 Å². The summed E-state index contributed by atoms with van der Waals surface area (Å²) in [5.74, 6) is -2.18. The van der Waals surface area contributed by atoms with E-state index in [1.54, 1.807) is 13.2 Å². The molecule has 7 nitrogen and oxygen atoms in total. The maximum absolute atomic E-state index is 12.5. The molecular formula is C21H25ClF3N3O4S. The third-order valence-corrected chi connectivity index (χ3v) is 6.05. The minimum Gasteiger partial charge on any atom is -0.496 e. The fraction of sp³-hybridized carbons (Fsp3) is 0.476. The highest BCUT2D eigenvalue weighted by Crippen LogP contribution is 2.36. The number of nitrogens with one attached hydrogen (secondary N) is 1. The summed E-state index contributed by atoms with van der Waals surface area (Å²) in [6.07, 6.45) is -1.26. The second-order valence-corrected chi connectivity index (χ2v) is 8.87. The van der Waals surface area contributed by atoms with Gasteiger partial charge in [0.1, 0.15) is 16.5 Å². The quantitative estimate of drug-likeness (QED) is 0.592. The van der Waals surface area contributed by atoms with Gasteiger partial charge in [0.15, 0.2) is 0 Å². The molecule has 1 aliphatic rings. The molecule has 2 aromatic rings. The van der Waals surface area contributed by atoms with E-state index in [0.29, 0.717) is 23.0 Å². The molecule has 33 heavy (non-hydrogen) atoms. The van der Waals surface area contributed by atoms with Crippen molar-refractivity contribution in [1.29, 1.82) is 0 Å². The van der Waals surface area contributed by atoms with E-state index in [-0.39, 0.29) is 5.91 Å². The molecule has 1 aromatic heterocycles. The Balaban J connectivity index is 0.000000479. The molecule has 0 unspecified atom stereocenters. The number of carboxylic acids is 1. The Morgan fingerprint density at radius 1 is 1.27 bits per heavy atom. The summed E-state index contributed by atoms with van der Waals surface area (Å²) in [7, 11) is 1.61. The van der Waals surface area contributed by atoms with Gasteiger partial charge in [0.05, 0.1) is 12.7 Å². The SMILES string of the molecule is COc1ccc(Cl)cc1-c1nc(C(=O)NCCN2CCCCC2)c(C)s1.O=C(O)C(F)(F)F. The van der Waals surface area contributed by atoms with Crippen molar-refractivity contribution in [2.45, 2.75) is 32.4 Å². The molecule has 2 heterocycles. The zero-order chi connectivity index (χ0) is 24.6. The number of hydrogen-bond acceptors (Lipinski definition) is 6. The molecule has 0 aliphatic carbocycles. The van der Waals surface area contributed by atoms with Crippen molar-refractivity contribution >= 4 is 34.8 Å². The average Bonchev–Trinajstić information content (AvgIpc) is 3.16. The summed E-state index contributed by atoms with van der Waals surface area (Å²) in [4.78, 5) is 29.3. The van der Waals surface area contributed by atoms with Crippen molar-refractivity contribution in [3.05, 3.63) is 33.8 Å². The molecule has 1 fully saturated rings. The number of amides is 1. The van der Waals surface area contributed by atoms with Crippen molar-refractivity contribution in [2.75, 3.05) is 33.3 Å². The smallest absolute Gasteiger partial charge is 0.490 e. The number of methoxy groups -OCH3 is 1. The number of thiazole rings is 1. The molecule has 1 aliphatic heterocycles. The molecule has 2 N–H and O–H groups in total. The van der Waals surface area contributed by atoms with Crippen LogP contribution >= 0.6 is 22.9 Å². The number of benzene rings is 1. The third-order valence-electron chi connectivity index (χ3n) is 4.81. The molecule has 1 saturated heterocycles. The monoisotopic (exact) mass is 507 g/mol. The molecule has 0 radical (unpaired) electrons. The number of nitrogens with zero attached hydrogens (tertiary/aromatic N) is 2. The second-order valence-electron chi connectivity index (χ2n) is 7.23. The zero-order valence-corrected chi connectivity index (χ0v) is 19.7. The van der Waals surface area contributed by atoms with Crippen LogP contribution in [-0.4, -0.2) is 66.3 Å². The number of aryl methyl sites for hydroxylation is 1. The maximum atomic E-state index is 12.5. The second kappa shape index (κ2) is 12.2. The number of hydrogen-bond donors (Lipinski definition) is 2. The number of halogens is 4. The summed E-state index contributed by atoms with van der Waals surface area (Å²) in [6.45, 7) is 5.71. The fourth-order valence-electron chi connectivity index (χ4n) is 3.16. The van der Waals surface area contributed by atoms with E-state index in [1.165, 1.54) is 30.6 Å². The lowest BCUT2D eigenvalue weighted by Crippen LogP contribution is -2.37. The topological polar surface area (TPSA) is 91.8 Å². The molecule has 0 spiro atoms. The number of ether oxygens (including phenoxy) is 1. The van der Waals surface area contributed by atoms with Crippen LogP contribution in [0, 0.1) is 6.92 Å². The maximum Gasteiger partial charge on any atom is 0.490 e. The molecule has 3 rings (SSSR count). The molecule has 1 aromatic carbocycles. The van der Waals surface area contributed by atoms with Gasteiger partial charge in [-0.2, -0.15) is 13.2 Å². The Morgan fingerprint density at radius 3 is 2.48 bits per heavy atom. The van der Waals surface area contributed by atoms with Gasteiger partial charge >= 0.3 is 12.1 Å². The van der Waals surface area contributed by atoms with Crippen molar-refractivity contribution < 1.29 is 32.6 Å². The van der Waals surface area contributed by atoms with Gasteiger partial charge in [-0.15, -0.1) is 11.3 Å². The van der Waals surface area contributed by atoms with Gasteiger partial charge < -0.3 is 20.1 Å². The first-order chi connectivity index (χ1) is 15.5. The first-order valence-electron chi connectivity index (χ1n) is 10.1. The Morgan fingerprint density at radius 2 is 1.91 bits per heavy atom. The fourth-order valence-corrected chi connectivity index (χ4v) is 4.27. The molecule has 1 amide bonds. The minimum atomic E-state index is -5.08. The van der Waals surface area contributed by atoms with Gasteiger partial charge in [0.2, 0.25) is 0 Å². The summed E-state index contributed by atoms with van der Waals surface area (Å²) in [5, 5.41) is 11.5. The normalized spacial score (nSPS) is 14.2. The van der Waals surface area contributed by atoms with Gasteiger partial charge in [-0.3, -0.25) is 4.79 Å². The van der Waals surface area contributed by atoms with Crippen LogP contribution in [0.4, 0.5) is 13.2 Å². The van der Waals surface area contributed by atoms with Gasteiger partial charge in [-0.1, -0.05) is 18.0 Å². The van der Waals surface area contributed by atoms with Gasteiger partial charge in [0, 0.05) is 23.0 Å². The summed E-state index contributed by atoms with van der Waals surface area (Å²) in [6, 6.07) is 5.40. The van der Waals surface area contributed by atoms with Crippen molar-refractivity contribution in [2.24, 2.45) is 0 Å². The summed E-state index contributed by atoms with van der Waals surface area (Å²) in [5.41, 5.74) is 1.28. The van der Waals surface area contributed by atoms with E-state index in [1.807, 2.05) is 19.1 Å². The Hall–Kier alpha value is -2.37. The van der Waals surface area contributed by atoms with E-state index in [2.05, 4.69) is 15.2 Å². The molecular weight excluding hydrogens is 483 g/mol. The molecule has 182 valence electrons. The minimum absolute atomic E-state index is 0.122. The van der Waals surface area contributed by atoms with Crippen LogP contribution < -0.4 is 10.1 Å². The number of carboxylic acid groups (broad SMARTS) is 1. The average molecular weight is 508 g/mol. The van der Waals surface area contributed by atoms with Crippen molar-refractivity contribution in [1.82, 2.24) is 15.2 Å². The lowest BCUT2D eigenvalue weighted by atomic mass is 10.1. The van der Waals surface area contributed by atoms with Crippen LogP contribution in [-0.2, 0) is 4.79 Å². The first-order valence-corrected chi connectivity index (χ1v) is 11.3. The Labute approximate surface area is 198 Å². The van der Waals surface area contributed by atoms with E-state index < -0.39 is 12.1 Å². The number of aromatic nitrogens is 1. The van der Waals surface area contributed by atoms with Crippen molar-refractivity contribution in [3.63, 3.8) is 0 Å². The first kappa shape index (κ1) is 26.9. The van der Waals surface area contributed by atoms with Crippen LogP contribution in [0.1, 0.15) is 34.6 Å². The summed E-state index contributed by atoms with van der Waals surface area (Å²) >= 11 is 7.59. The predicted molar refractivity (Wildman–Crippen MR) is 120 cm³/mol. The van der Waals surface area contributed by atoms with Crippen LogP contribution in [0.5, 0.6) is 5.75 Å². The third kappa shape index (κ3) is 8.17. The number of alkyl halides is 3. The predicted octanol–water partition coefficient (Wildman–Crippen LogP) is 4.63. The number of carbonyl (C=O) groups excluding carboxylic acids is 1. The highest BCUT2D eigenvalue weighted by Gasteiger charge is 2.38. The van der Waals surface area contributed by atoms with E-state index >= 15 is 0 Å². The van der Waals surface area contributed by atoms with E-state index in [0.717, 1.165) is 35.1 Å². The number of carbonyl (C=O) groups is 2. The largest absolute Gasteiger partial charge is 0.496 e. The van der Waals surface area contributed by atoms with Gasteiger partial charge in [0.25, 0.3) is 5.91 Å². The molecule has 0 bridgehead atoms. The van der Waals surface area contributed by atoms with E-state index in [4.69, 9.17) is 26.2 Å². The van der Waals surface area contributed by atoms with Crippen LogP contribution in [0.2, 0.25) is 5.02 Å². The van der Waals surface area contributed by atoms with Crippen LogP contribution in [0.15, 0.2) is 18.2 Å². The zero-order valence-electron chi connectivity index (χ0n) is 18.2. The molecule has 0 saturated carbocycles.